The fourth-order valence-electron chi connectivity index (χ4n) is 2.48. The van der Waals surface area contributed by atoms with Crippen molar-refractivity contribution in [2.75, 3.05) is 26.2 Å². The standard InChI is InChI=1S/C15H21Cl2N5O/c16-13-4-1-3-12(14(13)17)11-5-9-22(10-6-11)8-2-7-19-21-15(23)20-18/h1,3-5,19H,2,6-10,18H2,(H2,20,21,23). The zero-order chi connectivity index (χ0) is 16.7. The average molecular weight is 358 g/mol. The third-order valence-corrected chi connectivity index (χ3v) is 4.52. The summed E-state index contributed by atoms with van der Waals surface area (Å²) in [4.78, 5) is 13.2. The maximum atomic E-state index is 10.9. The highest BCUT2D eigenvalue weighted by molar-refractivity contribution is 6.43. The predicted molar refractivity (Wildman–Crippen MR) is 94.0 cm³/mol. The van der Waals surface area contributed by atoms with E-state index in [4.69, 9.17) is 29.0 Å². The summed E-state index contributed by atoms with van der Waals surface area (Å²) in [6.45, 7) is 3.49. The van der Waals surface area contributed by atoms with Gasteiger partial charge < -0.3 is 0 Å². The van der Waals surface area contributed by atoms with Crippen LogP contribution < -0.4 is 22.1 Å². The molecule has 0 saturated heterocycles. The number of nitrogens with two attached hydrogens (primary N) is 1. The molecule has 2 rings (SSSR count). The molecule has 5 N–H and O–H groups in total. The minimum Gasteiger partial charge on any atom is -0.299 e. The van der Waals surface area contributed by atoms with E-state index in [1.54, 1.807) is 6.07 Å². The smallest absolute Gasteiger partial charge is 0.299 e. The Morgan fingerprint density at radius 1 is 1.35 bits per heavy atom. The number of rotatable bonds is 6. The molecule has 0 fully saturated rings. The number of halogens is 2. The summed E-state index contributed by atoms with van der Waals surface area (Å²) >= 11 is 12.3. The van der Waals surface area contributed by atoms with Crippen LogP contribution in [0.2, 0.25) is 10.0 Å². The summed E-state index contributed by atoms with van der Waals surface area (Å²) in [6, 6.07) is 5.28. The van der Waals surface area contributed by atoms with Crippen LogP contribution >= 0.6 is 23.2 Å². The van der Waals surface area contributed by atoms with Gasteiger partial charge in [-0.25, -0.2) is 16.1 Å². The minimum absolute atomic E-state index is 0.450. The Kier molecular flexibility index (Phi) is 7.14. The number of nitrogens with one attached hydrogen (secondary N) is 3. The van der Waals surface area contributed by atoms with Crippen LogP contribution in [0.1, 0.15) is 18.4 Å². The number of hydrogen-bond acceptors (Lipinski definition) is 4. The highest BCUT2D eigenvalue weighted by Crippen LogP contribution is 2.33. The van der Waals surface area contributed by atoms with Gasteiger partial charge in [0.1, 0.15) is 0 Å². The topological polar surface area (TPSA) is 82.4 Å². The van der Waals surface area contributed by atoms with Crippen LogP contribution in [0.3, 0.4) is 0 Å². The van der Waals surface area contributed by atoms with Crippen molar-refractivity contribution in [2.45, 2.75) is 12.8 Å². The monoisotopic (exact) mass is 357 g/mol. The second kappa shape index (κ2) is 9.10. The molecule has 6 nitrogen and oxygen atoms in total. The van der Waals surface area contributed by atoms with Gasteiger partial charge in [-0.2, -0.15) is 0 Å². The van der Waals surface area contributed by atoms with Crippen molar-refractivity contribution in [2.24, 2.45) is 5.84 Å². The highest BCUT2D eigenvalue weighted by Gasteiger charge is 2.15. The van der Waals surface area contributed by atoms with Crippen molar-refractivity contribution in [3.8, 4) is 0 Å². The summed E-state index contributed by atoms with van der Waals surface area (Å²) in [6.07, 6.45) is 4.07. The molecule has 0 aliphatic carbocycles. The molecular formula is C15H21Cl2N5O. The number of carbonyl (C=O) groups is 1. The van der Waals surface area contributed by atoms with Gasteiger partial charge in [0.25, 0.3) is 0 Å². The van der Waals surface area contributed by atoms with Crippen LogP contribution in [-0.4, -0.2) is 37.1 Å². The summed E-state index contributed by atoms with van der Waals surface area (Å²) in [5.41, 5.74) is 9.49. The molecule has 1 aromatic rings. The van der Waals surface area contributed by atoms with Gasteiger partial charge in [-0.3, -0.25) is 15.8 Å². The average Bonchev–Trinajstić information content (AvgIpc) is 2.57. The lowest BCUT2D eigenvalue weighted by Crippen LogP contribution is -2.47. The van der Waals surface area contributed by atoms with E-state index in [0.717, 1.165) is 38.0 Å². The third kappa shape index (κ3) is 5.37. The van der Waals surface area contributed by atoms with Gasteiger partial charge in [0.2, 0.25) is 0 Å². The van der Waals surface area contributed by atoms with Crippen molar-refractivity contribution in [1.29, 1.82) is 0 Å². The third-order valence-electron chi connectivity index (χ3n) is 3.70. The number of amides is 2. The van der Waals surface area contributed by atoms with Gasteiger partial charge in [0.15, 0.2) is 0 Å². The van der Waals surface area contributed by atoms with Gasteiger partial charge in [-0.1, -0.05) is 41.4 Å². The molecule has 0 aromatic heterocycles. The number of benzene rings is 1. The van der Waals surface area contributed by atoms with Crippen LogP contribution in [0.15, 0.2) is 24.3 Å². The summed E-state index contributed by atoms with van der Waals surface area (Å²) in [5, 5.41) is 1.22. The van der Waals surface area contributed by atoms with Gasteiger partial charge in [-0.05, 0) is 36.6 Å². The quantitative estimate of drug-likeness (QED) is 0.272. The fraction of sp³-hybridized carbons (Fsp3) is 0.400. The van der Waals surface area contributed by atoms with E-state index in [-0.39, 0.29) is 0 Å². The fourth-order valence-corrected chi connectivity index (χ4v) is 2.90. The SMILES string of the molecule is NNC(=O)NNCCCN1CC=C(c2cccc(Cl)c2Cl)CC1. The maximum Gasteiger partial charge on any atom is 0.343 e. The second-order valence-electron chi connectivity index (χ2n) is 5.26. The van der Waals surface area contributed by atoms with Gasteiger partial charge >= 0.3 is 6.03 Å². The summed E-state index contributed by atoms with van der Waals surface area (Å²) < 4.78 is 0. The Bertz CT molecular complexity index is 579. The first-order chi connectivity index (χ1) is 11.1. The van der Waals surface area contributed by atoms with Crippen molar-refractivity contribution in [3.05, 3.63) is 39.9 Å². The molecule has 1 aliphatic heterocycles. The molecule has 1 aliphatic rings. The molecule has 23 heavy (non-hydrogen) atoms. The Hall–Kier alpha value is -1.31. The molecule has 8 heteroatoms. The largest absolute Gasteiger partial charge is 0.343 e. The Labute approximate surface area is 145 Å². The van der Waals surface area contributed by atoms with Crippen molar-refractivity contribution in [3.63, 3.8) is 0 Å². The molecule has 0 radical (unpaired) electrons. The van der Waals surface area contributed by atoms with E-state index in [0.29, 0.717) is 16.6 Å². The maximum absolute atomic E-state index is 10.9. The first-order valence-electron chi connectivity index (χ1n) is 7.47. The van der Waals surface area contributed by atoms with Crippen LogP contribution in [-0.2, 0) is 0 Å². The predicted octanol–water partition coefficient (Wildman–Crippen LogP) is 2.15. The highest BCUT2D eigenvalue weighted by atomic mass is 35.5. The second-order valence-corrected chi connectivity index (χ2v) is 6.05. The number of hydrogen-bond donors (Lipinski definition) is 4. The summed E-state index contributed by atoms with van der Waals surface area (Å²) in [7, 11) is 0. The molecule has 0 spiro atoms. The molecular weight excluding hydrogens is 337 g/mol. The molecule has 0 saturated carbocycles. The molecule has 2 amide bonds. The van der Waals surface area contributed by atoms with E-state index < -0.39 is 6.03 Å². The van der Waals surface area contributed by atoms with E-state index in [2.05, 4.69) is 21.8 Å². The molecule has 0 atom stereocenters. The lowest BCUT2D eigenvalue weighted by Gasteiger charge is -2.26. The number of urea groups is 1. The van der Waals surface area contributed by atoms with Crippen molar-refractivity contribution < 1.29 is 4.79 Å². The van der Waals surface area contributed by atoms with E-state index in [1.165, 1.54) is 5.57 Å². The van der Waals surface area contributed by atoms with Crippen molar-refractivity contribution >= 4 is 34.8 Å². The molecule has 1 heterocycles. The minimum atomic E-state index is -0.450. The van der Waals surface area contributed by atoms with Crippen LogP contribution in [0, 0.1) is 0 Å². The van der Waals surface area contributed by atoms with Crippen LogP contribution in [0.5, 0.6) is 0 Å². The lowest BCUT2D eigenvalue weighted by atomic mass is 9.99. The zero-order valence-corrected chi connectivity index (χ0v) is 14.3. The molecule has 0 bridgehead atoms. The number of nitrogens with zero attached hydrogens (tertiary/aromatic N) is 1. The molecule has 1 aromatic carbocycles. The summed E-state index contributed by atoms with van der Waals surface area (Å²) in [5.74, 6) is 4.95. The first-order valence-corrected chi connectivity index (χ1v) is 8.22. The molecule has 0 unspecified atom stereocenters. The lowest BCUT2D eigenvalue weighted by molar-refractivity contribution is 0.235. The van der Waals surface area contributed by atoms with E-state index in [1.807, 2.05) is 17.6 Å². The first kappa shape index (κ1) is 18.0. The number of hydrazine groups is 2. The van der Waals surface area contributed by atoms with Gasteiger partial charge in [0, 0.05) is 19.6 Å². The van der Waals surface area contributed by atoms with E-state index in [9.17, 15) is 4.79 Å². The van der Waals surface area contributed by atoms with Crippen LogP contribution in [0.25, 0.3) is 5.57 Å². The van der Waals surface area contributed by atoms with Crippen LogP contribution in [0.4, 0.5) is 4.79 Å². The number of carbonyl (C=O) groups excluding carboxylic acids is 1. The van der Waals surface area contributed by atoms with Crippen molar-refractivity contribution in [1.82, 2.24) is 21.2 Å². The van der Waals surface area contributed by atoms with Gasteiger partial charge in [0.05, 0.1) is 10.0 Å². The Balaban J connectivity index is 1.75. The molecule has 126 valence electrons. The Morgan fingerprint density at radius 3 is 2.87 bits per heavy atom. The normalized spacial score (nSPS) is 15.2. The van der Waals surface area contributed by atoms with Gasteiger partial charge in [-0.15, -0.1) is 0 Å². The van der Waals surface area contributed by atoms with E-state index >= 15 is 0 Å². The Morgan fingerprint density at radius 2 is 2.17 bits per heavy atom. The zero-order valence-electron chi connectivity index (χ0n) is 12.7.